The molecular weight excluding hydrogens is 296 g/mol. The highest BCUT2D eigenvalue weighted by molar-refractivity contribution is 5.97. The average Bonchev–Trinajstić information content (AvgIpc) is 2.58. The Bertz CT molecular complexity index is 750. The number of nitro benzene ring substituents is 1. The van der Waals surface area contributed by atoms with Crippen LogP contribution in [0.1, 0.15) is 22.8 Å². The zero-order valence-corrected chi connectivity index (χ0v) is 12.4. The molecule has 6 heteroatoms. The van der Waals surface area contributed by atoms with Gasteiger partial charge in [0, 0.05) is 12.1 Å². The Morgan fingerprint density at radius 1 is 1.13 bits per heavy atom. The van der Waals surface area contributed by atoms with E-state index in [-0.39, 0.29) is 11.3 Å². The predicted octanol–water partition coefficient (Wildman–Crippen LogP) is 3.84. The molecule has 2 rings (SSSR count). The van der Waals surface area contributed by atoms with E-state index < -0.39 is 10.9 Å². The van der Waals surface area contributed by atoms with Crippen LogP contribution in [0.25, 0.3) is 6.08 Å². The average molecular weight is 310 g/mol. The molecule has 0 atom stereocenters. The first-order valence-electron chi connectivity index (χ1n) is 6.80. The largest absolute Gasteiger partial charge is 0.365 e. The topological polar surface area (TPSA) is 81.8 Å². The Labute approximate surface area is 132 Å². The first-order chi connectivity index (χ1) is 11.1. The number of hydrogen-bond donors (Lipinski definition) is 0. The van der Waals surface area contributed by atoms with Gasteiger partial charge in [0.15, 0.2) is 0 Å². The number of rotatable bonds is 5. The molecule has 0 aliphatic heterocycles. The second kappa shape index (κ2) is 7.65. The lowest BCUT2D eigenvalue weighted by molar-refractivity contribution is -0.384. The smallest absolute Gasteiger partial charge is 0.313 e. The van der Waals surface area contributed by atoms with Gasteiger partial charge in [-0.2, -0.15) is 0 Å². The Morgan fingerprint density at radius 2 is 1.78 bits per heavy atom. The van der Waals surface area contributed by atoms with Gasteiger partial charge in [-0.1, -0.05) is 41.6 Å². The van der Waals surface area contributed by atoms with Gasteiger partial charge in [0.1, 0.15) is 0 Å². The fraction of sp³-hybridized carbons (Fsp3) is 0.0588. The number of hydrogen-bond acceptors (Lipinski definition) is 5. The molecule has 0 bridgehead atoms. The Hall–Kier alpha value is -3.28. The molecule has 0 radical (unpaired) electrons. The van der Waals surface area contributed by atoms with E-state index in [4.69, 9.17) is 4.84 Å². The molecule has 6 nitrogen and oxygen atoms in total. The summed E-state index contributed by atoms with van der Waals surface area (Å²) in [7, 11) is 0. The molecule has 2 aromatic rings. The maximum atomic E-state index is 11.8. The van der Waals surface area contributed by atoms with E-state index >= 15 is 0 Å². The van der Waals surface area contributed by atoms with E-state index in [1.807, 2.05) is 36.4 Å². The molecule has 0 unspecified atom stereocenters. The quantitative estimate of drug-likeness (QED) is 0.363. The lowest BCUT2D eigenvalue weighted by Crippen LogP contribution is -2.02. The molecule has 116 valence electrons. The highest BCUT2D eigenvalue weighted by Crippen LogP contribution is 2.12. The van der Waals surface area contributed by atoms with Gasteiger partial charge in [0.2, 0.25) is 0 Å². The third-order valence-electron chi connectivity index (χ3n) is 2.90. The van der Waals surface area contributed by atoms with Crippen LogP contribution in [0.3, 0.4) is 0 Å². The van der Waals surface area contributed by atoms with E-state index in [0.717, 1.165) is 5.56 Å². The van der Waals surface area contributed by atoms with Gasteiger partial charge in [0.25, 0.3) is 5.69 Å². The van der Waals surface area contributed by atoms with Crippen LogP contribution < -0.4 is 0 Å². The van der Waals surface area contributed by atoms with Crippen LogP contribution in [0.2, 0.25) is 0 Å². The van der Waals surface area contributed by atoms with E-state index in [9.17, 15) is 14.9 Å². The lowest BCUT2D eigenvalue weighted by atomic mass is 10.2. The fourth-order valence-corrected chi connectivity index (χ4v) is 1.70. The predicted molar refractivity (Wildman–Crippen MR) is 87.1 cm³/mol. The highest BCUT2D eigenvalue weighted by Gasteiger charge is 2.10. The van der Waals surface area contributed by atoms with E-state index in [1.54, 1.807) is 13.0 Å². The molecule has 0 fully saturated rings. The summed E-state index contributed by atoms with van der Waals surface area (Å²) >= 11 is 0. The van der Waals surface area contributed by atoms with Crippen LogP contribution in [0, 0.1) is 10.1 Å². The van der Waals surface area contributed by atoms with E-state index in [2.05, 4.69) is 5.16 Å². The summed E-state index contributed by atoms with van der Waals surface area (Å²) in [5.41, 5.74) is 1.62. The zero-order chi connectivity index (χ0) is 16.7. The fourth-order valence-electron chi connectivity index (χ4n) is 1.70. The Morgan fingerprint density at radius 3 is 2.39 bits per heavy atom. The molecule has 0 saturated carbocycles. The van der Waals surface area contributed by atoms with Crippen molar-refractivity contribution in [2.24, 2.45) is 5.16 Å². The maximum Gasteiger partial charge on any atom is 0.365 e. The van der Waals surface area contributed by atoms with Gasteiger partial charge < -0.3 is 4.84 Å². The van der Waals surface area contributed by atoms with Crippen molar-refractivity contribution in [3.8, 4) is 0 Å². The molecule has 0 amide bonds. The number of benzene rings is 2. The minimum absolute atomic E-state index is 0.0907. The SMILES string of the molecule is CC(/C=C/c1ccccc1)=N\OC(=O)c1ccc([N+](=O)[O-])cc1. The monoisotopic (exact) mass is 310 g/mol. The van der Waals surface area contributed by atoms with Gasteiger partial charge in [-0.25, -0.2) is 4.79 Å². The summed E-state index contributed by atoms with van der Waals surface area (Å²) in [6.07, 6.45) is 3.57. The molecule has 0 aromatic heterocycles. The molecular formula is C17H14N2O4. The summed E-state index contributed by atoms with van der Waals surface area (Å²) in [6.45, 7) is 1.70. The molecule has 0 N–H and O–H groups in total. The molecule has 0 spiro atoms. The van der Waals surface area contributed by atoms with Crippen molar-refractivity contribution in [1.29, 1.82) is 0 Å². The second-order valence-corrected chi connectivity index (χ2v) is 4.66. The number of nitrogens with zero attached hydrogens (tertiary/aromatic N) is 2. The second-order valence-electron chi connectivity index (χ2n) is 4.66. The Balaban J connectivity index is 1.97. The minimum Gasteiger partial charge on any atom is -0.313 e. The van der Waals surface area contributed by atoms with Gasteiger partial charge in [0.05, 0.1) is 16.2 Å². The van der Waals surface area contributed by atoms with Crippen LogP contribution in [0.4, 0.5) is 5.69 Å². The first kappa shape index (κ1) is 16.1. The van der Waals surface area contributed by atoms with Crippen LogP contribution in [-0.2, 0) is 4.84 Å². The van der Waals surface area contributed by atoms with Crippen molar-refractivity contribution in [2.75, 3.05) is 0 Å². The van der Waals surface area contributed by atoms with Crippen LogP contribution in [-0.4, -0.2) is 16.6 Å². The number of nitro groups is 1. The third kappa shape index (κ3) is 4.89. The summed E-state index contributed by atoms with van der Waals surface area (Å²) in [5.74, 6) is -0.674. The van der Waals surface area contributed by atoms with Crippen molar-refractivity contribution in [2.45, 2.75) is 6.92 Å². The van der Waals surface area contributed by atoms with Gasteiger partial charge >= 0.3 is 5.97 Å². The number of oxime groups is 1. The highest BCUT2D eigenvalue weighted by atomic mass is 16.7. The Kier molecular flexibility index (Phi) is 5.35. The van der Waals surface area contributed by atoms with E-state index in [1.165, 1.54) is 24.3 Å². The lowest BCUT2D eigenvalue weighted by Gasteiger charge is -1.98. The van der Waals surface area contributed by atoms with Gasteiger partial charge in [-0.15, -0.1) is 0 Å². The van der Waals surface area contributed by atoms with Crippen molar-refractivity contribution >= 4 is 23.4 Å². The third-order valence-corrected chi connectivity index (χ3v) is 2.90. The molecule has 0 aliphatic carbocycles. The zero-order valence-electron chi connectivity index (χ0n) is 12.4. The molecule has 0 heterocycles. The van der Waals surface area contributed by atoms with Crippen LogP contribution in [0.5, 0.6) is 0 Å². The summed E-state index contributed by atoms with van der Waals surface area (Å²) < 4.78 is 0. The van der Waals surface area contributed by atoms with Crippen molar-refractivity contribution < 1.29 is 14.6 Å². The summed E-state index contributed by atoms with van der Waals surface area (Å²) in [6, 6.07) is 14.8. The standard InChI is InChI=1S/C17H14N2O4/c1-13(7-8-14-5-3-2-4-6-14)18-23-17(20)15-9-11-16(12-10-15)19(21)22/h2-12H,1H3/b8-7+,18-13+. The van der Waals surface area contributed by atoms with Gasteiger partial charge in [-0.3, -0.25) is 10.1 Å². The number of carbonyl (C=O) groups excluding carboxylic acids is 1. The first-order valence-corrected chi connectivity index (χ1v) is 6.80. The van der Waals surface area contributed by atoms with Crippen molar-refractivity contribution in [3.63, 3.8) is 0 Å². The van der Waals surface area contributed by atoms with Crippen LogP contribution in [0.15, 0.2) is 65.8 Å². The van der Waals surface area contributed by atoms with Crippen LogP contribution >= 0.6 is 0 Å². The number of allylic oxidation sites excluding steroid dienone is 1. The van der Waals surface area contributed by atoms with E-state index in [0.29, 0.717) is 5.71 Å². The normalized spacial score (nSPS) is 11.4. The summed E-state index contributed by atoms with van der Waals surface area (Å²) in [5, 5.41) is 14.3. The number of carbonyl (C=O) groups is 1. The molecule has 0 saturated heterocycles. The maximum absolute atomic E-state index is 11.8. The van der Waals surface area contributed by atoms with Gasteiger partial charge in [-0.05, 0) is 30.7 Å². The van der Waals surface area contributed by atoms with Crippen molar-refractivity contribution in [1.82, 2.24) is 0 Å². The summed E-state index contributed by atoms with van der Waals surface area (Å²) in [4.78, 5) is 26.6. The molecule has 2 aromatic carbocycles. The van der Waals surface area contributed by atoms with Crippen molar-refractivity contribution in [3.05, 3.63) is 81.9 Å². The number of non-ortho nitro benzene ring substituents is 1. The molecule has 0 aliphatic rings. The molecule has 23 heavy (non-hydrogen) atoms. The minimum atomic E-state index is -0.674.